The third-order valence-electron chi connectivity index (χ3n) is 4.66. The topological polar surface area (TPSA) is 110 Å². The summed E-state index contributed by atoms with van der Waals surface area (Å²) >= 11 is 0. The van der Waals surface area contributed by atoms with Crippen molar-refractivity contribution in [2.45, 2.75) is 45.6 Å². The van der Waals surface area contributed by atoms with Crippen molar-refractivity contribution in [2.75, 3.05) is 5.32 Å². The largest absolute Gasteiger partial charge is 0.480 e. The molecular formula is C17H21N5O3. The van der Waals surface area contributed by atoms with Crippen LogP contribution in [0.4, 0.5) is 5.69 Å². The Hall–Kier alpha value is -2.77. The summed E-state index contributed by atoms with van der Waals surface area (Å²) in [7, 11) is 0. The maximum Gasteiger partial charge on any atom is 0.319 e. The van der Waals surface area contributed by atoms with E-state index in [0.717, 1.165) is 18.4 Å². The van der Waals surface area contributed by atoms with E-state index in [1.165, 1.54) is 0 Å². The first kappa shape index (κ1) is 17.1. The summed E-state index contributed by atoms with van der Waals surface area (Å²) in [5, 5.41) is 24.0. The molecule has 1 fully saturated rings. The monoisotopic (exact) mass is 343 g/mol. The lowest BCUT2D eigenvalue weighted by Gasteiger charge is -2.22. The average Bonchev–Trinajstić information content (AvgIpc) is 3.25. The van der Waals surface area contributed by atoms with Gasteiger partial charge in [0.1, 0.15) is 5.41 Å². The predicted octanol–water partition coefficient (Wildman–Crippen LogP) is 2.50. The molecule has 1 heterocycles. The van der Waals surface area contributed by atoms with Gasteiger partial charge in [0, 0.05) is 11.3 Å². The molecule has 0 atom stereocenters. The van der Waals surface area contributed by atoms with Crippen LogP contribution in [0.25, 0.3) is 11.4 Å². The number of carbonyl (C=O) groups is 2. The van der Waals surface area contributed by atoms with Crippen LogP contribution in [0, 0.1) is 5.41 Å². The second kappa shape index (κ2) is 6.62. The zero-order valence-corrected chi connectivity index (χ0v) is 14.3. The van der Waals surface area contributed by atoms with Crippen LogP contribution in [0.15, 0.2) is 24.3 Å². The first-order valence-corrected chi connectivity index (χ1v) is 8.37. The number of carboxylic acid groups (broad SMARTS) is 1. The Morgan fingerprint density at radius 1 is 1.28 bits per heavy atom. The molecule has 1 aromatic heterocycles. The summed E-state index contributed by atoms with van der Waals surface area (Å²) in [5.74, 6) is -0.916. The van der Waals surface area contributed by atoms with Crippen molar-refractivity contribution < 1.29 is 14.7 Å². The minimum atomic E-state index is -1.32. The molecule has 8 heteroatoms. The summed E-state index contributed by atoms with van der Waals surface area (Å²) in [4.78, 5) is 24.3. The Morgan fingerprint density at radius 3 is 2.64 bits per heavy atom. The van der Waals surface area contributed by atoms with Gasteiger partial charge in [-0.25, -0.2) is 4.68 Å². The molecule has 25 heavy (non-hydrogen) atoms. The minimum Gasteiger partial charge on any atom is -0.480 e. The maximum atomic E-state index is 12.6. The molecule has 0 radical (unpaired) electrons. The molecule has 1 amide bonds. The molecule has 3 rings (SSSR count). The number of nitrogens with zero attached hydrogens (tertiary/aromatic N) is 4. The average molecular weight is 343 g/mol. The lowest BCUT2D eigenvalue weighted by Crippen LogP contribution is -2.40. The number of nitrogens with one attached hydrogen (secondary N) is 1. The van der Waals surface area contributed by atoms with Gasteiger partial charge < -0.3 is 10.4 Å². The van der Waals surface area contributed by atoms with Gasteiger partial charge in [0.25, 0.3) is 0 Å². The Balaban J connectivity index is 1.86. The normalized spacial score (nSPS) is 16.1. The van der Waals surface area contributed by atoms with E-state index in [2.05, 4.69) is 20.8 Å². The zero-order chi connectivity index (χ0) is 18.0. The number of aliphatic carboxylic acids is 1. The Morgan fingerprint density at radius 2 is 2.00 bits per heavy atom. The van der Waals surface area contributed by atoms with Crippen LogP contribution >= 0.6 is 0 Å². The van der Waals surface area contributed by atoms with Crippen LogP contribution in [-0.2, 0) is 9.59 Å². The van der Waals surface area contributed by atoms with Crippen molar-refractivity contribution in [3.05, 3.63) is 24.3 Å². The number of carboxylic acids is 1. The van der Waals surface area contributed by atoms with Gasteiger partial charge in [0.15, 0.2) is 5.82 Å². The fourth-order valence-corrected chi connectivity index (χ4v) is 3.23. The third kappa shape index (κ3) is 3.11. The van der Waals surface area contributed by atoms with Crippen molar-refractivity contribution in [3.63, 3.8) is 0 Å². The number of amides is 1. The first-order valence-electron chi connectivity index (χ1n) is 8.37. The Kier molecular flexibility index (Phi) is 4.52. The SMILES string of the molecule is CC(C)n1nnnc1-c1cccc(NC(=O)C2(C(=O)O)CCCC2)c1. The molecular weight excluding hydrogens is 322 g/mol. The van der Waals surface area contributed by atoms with Gasteiger partial charge >= 0.3 is 5.97 Å². The van der Waals surface area contributed by atoms with E-state index in [1.54, 1.807) is 22.9 Å². The van der Waals surface area contributed by atoms with Crippen molar-refractivity contribution >= 4 is 17.6 Å². The third-order valence-corrected chi connectivity index (χ3v) is 4.66. The highest BCUT2D eigenvalue weighted by atomic mass is 16.4. The number of benzene rings is 1. The van der Waals surface area contributed by atoms with Crippen LogP contribution in [0.1, 0.15) is 45.6 Å². The highest BCUT2D eigenvalue weighted by molar-refractivity contribution is 6.08. The highest BCUT2D eigenvalue weighted by Gasteiger charge is 2.48. The van der Waals surface area contributed by atoms with Crippen molar-refractivity contribution in [1.82, 2.24) is 20.2 Å². The van der Waals surface area contributed by atoms with Crippen molar-refractivity contribution in [2.24, 2.45) is 5.41 Å². The van der Waals surface area contributed by atoms with E-state index in [0.29, 0.717) is 24.4 Å². The highest BCUT2D eigenvalue weighted by Crippen LogP contribution is 2.39. The van der Waals surface area contributed by atoms with E-state index in [-0.39, 0.29) is 6.04 Å². The van der Waals surface area contributed by atoms with Crippen molar-refractivity contribution in [3.8, 4) is 11.4 Å². The Labute approximate surface area is 145 Å². The second-order valence-corrected chi connectivity index (χ2v) is 6.67. The molecule has 8 nitrogen and oxygen atoms in total. The second-order valence-electron chi connectivity index (χ2n) is 6.67. The summed E-state index contributed by atoms with van der Waals surface area (Å²) < 4.78 is 1.69. The van der Waals surface area contributed by atoms with E-state index >= 15 is 0 Å². The van der Waals surface area contributed by atoms with E-state index < -0.39 is 17.3 Å². The summed E-state index contributed by atoms with van der Waals surface area (Å²) in [6, 6.07) is 7.22. The standard InChI is InChI=1S/C17H21N5O3/c1-11(2)22-14(19-20-21-22)12-6-5-7-13(10-12)18-15(23)17(16(24)25)8-3-4-9-17/h5-7,10-11H,3-4,8-9H2,1-2H3,(H,18,23)(H,24,25). The summed E-state index contributed by atoms with van der Waals surface area (Å²) in [6.45, 7) is 3.95. The van der Waals surface area contributed by atoms with Gasteiger partial charge in [-0.1, -0.05) is 25.0 Å². The van der Waals surface area contributed by atoms with Crippen LogP contribution < -0.4 is 5.32 Å². The minimum absolute atomic E-state index is 0.0945. The van der Waals surface area contributed by atoms with Crippen LogP contribution in [0.2, 0.25) is 0 Å². The molecule has 132 valence electrons. The molecule has 1 saturated carbocycles. The molecule has 0 saturated heterocycles. The molecule has 2 aromatic rings. The van der Waals surface area contributed by atoms with Gasteiger partial charge in [-0.15, -0.1) is 5.10 Å². The maximum absolute atomic E-state index is 12.6. The number of aromatic nitrogens is 4. The lowest BCUT2D eigenvalue weighted by atomic mass is 9.85. The van der Waals surface area contributed by atoms with Crippen LogP contribution in [-0.4, -0.2) is 37.2 Å². The fourth-order valence-electron chi connectivity index (χ4n) is 3.23. The number of tetrazole rings is 1. The van der Waals surface area contributed by atoms with Crippen molar-refractivity contribution in [1.29, 1.82) is 0 Å². The van der Waals surface area contributed by atoms with Gasteiger partial charge in [0.2, 0.25) is 5.91 Å². The quantitative estimate of drug-likeness (QED) is 0.807. The molecule has 0 aliphatic heterocycles. The van der Waals surface area contributed by atoms with Crippen LogP contribution in [0.3, 0.4) is 0 Å². The molecule has 0 unspecified atom stereocenters. The molecule has 0 bridgehead atoms. The van der Waals surface area contributed by atoms with E-state index in [1.807, 2.05) is 19.9 Å². The number of anilines is 1. The first-order chi connectivity index (χ1) is 11.9. The molecule has 0 spiro atoms. The molecule has 1 aliphatic rings. The van der Waals surface area contributed by atoms with Gasteiger partial charge in [0.05, 0.1) is 6.04 Å². The number of hydrogen-bond donors (Lipinski definition) is 2. The van der Waals surface area contributed by atoms with Gasteiger partial charge in [-0.2, -0.15) is 0 Å². The molecule has 1 aromatic carbocycles. The predicted molar refractivity (Wildman–Crippen MR) is 90.8 cm³/mol. The van der Waals surface area contributed by atoms with Crippen LogP contribution in [0.5, 0.6) is 0 Å². The van der Waals surface area contributed by atoms with E-state index in [9.17, 15) is 14.7 Å². The zero-order valence-electron chi connectivity index (χ0n) is 14.3. The summed E-state index contributed by atoms with van der Waals surface area (Å²) in [6.07, 6.45) is 2.25. The molecule has 2 N–H and O–H groups in total. The Bertz CT molecular complexity index is 793. The van der Waals surface area contributed by atoms with E-state index in [4.69, 9.17) is 0 Å². The lowest BCUT2D eigenvalue weighted by molar-refractivity contribution is -0.153. The number of hydrogen-bond acceptors (Lipinski definition) is 5. The fraction of sp³-hybridized carbons (Fsp3) is 0.471. The number of rotatable bonds is 5. The van der Waals surface area contributed by atoms with Gasteiger partial charge in [-0.3, -0.25) is 9.59 Å². The summed E-state index contributed by atoms with van der Waals surface area (Å²) in [5.41, 5.74) is -0.0316. The molecule has 1 aliphatic carbocycles. The van der Waals surface area contributed by atoms with Gasteiger partial charge in [-0.05, 0) is 49.2 Å². The number of carbonyl (C=O) groups excluding carboxylic acids is 1. The smallest absolute Gasteiger partial charge is 0.319 e.